The standard InChI is InChI=1S/C27H28N4O/c32-27(29-15-8-20-11-16-31(17-12-20)24-9-13-28-14-10-24)23-6-3-5-21(18-23)26-19-22-4-1-2-7-25(22)30-26/h1-7,9-10,13-14,18-20,30H,8,11-12,15-17H2,(H,29,32). The molecule has 2 aromatic carbocycles. The molecule has 1 aliphatic heterocycles. The molecule has 4 aromatic rings. The number of carbonyl (C=O) groups excluding carboxylic acids is 1. The summed E-state index contributed by atoms with van der Waals surface area (Å²) in [6, 6.07) is 22.3. The molecule has 2 N–H and O–H groups in total. The third kappa shape index (κ3) is 4.52. The lowest BCUT2D eigenvalue weighted by Gasteiger charge is -2.33. The van der Waals surface area contributed by atoms with Gasteiger partial charge in [0.2, 0.25) is 0 Å². The zero-order chi connectivity index (χ0) is 21.8. The fourth-order valence-corrected chi connectivity index (χ4v) is 4.58. The lowest BCUT2D eigenvalue weighted by Crippen LogP contribution is -2.35. The summed E-state index contributed by atoms with van der Waals surface area (Å²) in [5.41, 5.74) is 5.11. The molecular weight excluding hydrogens is 396 g/mol. The van der Waals surface area contributed by atoms with Crippen molar-refractivity contribution in [2.75, 3.05) is 24.5 Å². The second kappa shape index (κ2) is 9.27. The molecule has 0 unspecified atom stereocenters. The predicted octanol–water partition coefficient (Wildman–Crippen LogP) is 5.27. The van der Waals surface area contributed by atoms with E-state index in [9.17, 15) is 4.79 Å². The maximum atomic E-state index is 12.7. The smallest absolute Gasteiger partial charge is 0.251 e. The molecule has 0 radical (unpaired) electrons. The van der Waals surface area contributed by atoms with Crippen molar-refractivity contribution >= 4 is 22.5 Å². The Morgan fingerprint density at radius 3 is 2.62 bits per heavy atom. The number of nitrogens with zero attached hydrogens (tertiary/aromatic N) is 2. The van der Waals surface area contributed by atoms with Crippen LogP contribution in [0.4, 0.5) is 5.69 Å². The monoisotopic (exact) mass is 424 g/mol. The van der Waals surface area contributed by atoms with Crippen LogP contribution < -0.4 is 10.2 Å². The molecule has 5 nitrogen and oxygen atoms in total. The van der Waals surface area contributed by atoms with Gasteiger partial charge < -0.3 is 15.2 Å². The Hall–Kier alpha value is -3.60. The number of rotatable bonds is 6. The largest absolute Gasteiger partial charge is 0.371 e. The number of H-pyrrole nitrogens is 1. The average Bonchev–Trinajstić information content (AvgIpc) is 3.30. The Kier molecular flexibility index (Phi) is 5.88. The number of para-hydroxylation sites is 1. The normalized spacial score (nSPS) is 14.6. The Bertz CT molecular complexity index is 1160. The van der Waals surface area contributed by atoms with Crippen LogP contribution >= 0.6 is 0 Å². The Morgan fingerprint density at radius 2 is 1.81 bits per heavy atom. The fourth-order valence-electron chi connectivity index (χ4n) is 4.58. The number of hydrogen-bond acceptors (Lipinski definition) is 3. The van der Waals surface area contributed by atoms with Gasteiger partial charge in [-0.05, 0) is 67.1 Å². The summed E-state index contributed by atoms with van der Waals surface area (Å²) in [5, 5.41) is 4.30. The van der Waals surface area contributed by atoms with Crippen molar-refractivity contribution in [2.24, 2.45) is 5.92 Å². The highest BCUT2D eigenvalue weighted by Crippen LogP contribution is 2.26. The van der Waals surface area contributed by atoms with Crippen LogP contribution in [0.15, 0.2) is 79.1 Å². The van der Waals surface area contributed by atoms with Gasteiger partial charge in [0, 0.05) is 59.9 Å². The SMILES string of the molecule is O=C(NCCC1CCN(c2ccncc2)CC1)c1cccc(-c2cc3ccccc3[nH]2)c1. The number of fused-ring (bicyclic) bond motifs is 1. The lowest BCUT2D eigenvalue weighted by atomic mass is 9.93. The number of carbonyl (C=O) groups is 1. The molecule has 32 heavy (non-hydrogen) atoms. The van der Waals surface area contributed by atoms with Gasteiger partial charge in [0.25, 0.3) is 5.91 Å². The Labute approximate surface area is 188 Å². The molecule has 1 aliphatic rings. The van der Waals surface area contributed by atoms with Crippen molar-refractivity contribution in [3.63, 3.8) is 0 Å². The van der Waals surface area contributed by atoms with E-state index >= 15 is 0 Å². The number of pyridine rings is 1. The number of anilines is 1. The van der Waals surface area contributed by atoms with E-state index in [1.165, 1.54) is 11.1 Å². The maximum absolute atomic E-state index is 12.7. The molecule has 0 saturated carbocycles. The lowest BCUT2D eigenvalue weighted by molar-refractivity contribution is 0.0950. The molecule has 2 aromatic heterocycles. The van der Waals surface area contributed by atoms with E-state index < -0.39 is 0 Å². The summed E-state index contributed by atoms with van der Waals surface area (Å²) >= 11 is 0. The van der Waals surface area contributed by atoms with Crippen LogP contribution in [0.3, 0.4) is 0 Å². The van der Waals surface area contributed by atoms with Crippen LogP contribution in [0.25, 0.3) is 22.2 Å². The van der Waals surface area contributed by atoms with Gasteiger partial charge in [-0.25, -0.2) is 0 Å². The number of nitrogens with one attached hydrogen (secondary N) is 2. The molecule has 0 atom stereocenters. The molecule has 0 aliphatic carbocycles. The molecule has 0 bridgehead atoms. The quantitative estimate of drug-likeness (QED) is 0.443. The van der Waals surface area contributed by atoms with Crippen LogP contribution in [-0.4, -0.2) is 35.5 Å². The maximum Gasteiger partial charge on any atom is 0.251 e. The number of aromatic nitrogens is 2. The molecule has 1 saturated heterocycles. The highest BCUT2D eigenvalue weighted by atomic mass is 16.1. The van der Waals surface area contributed by atoms with E-state index in [2.05, 4.69) is 50.5 Å². The van der Waals surface area contributed by atoms with Gasteiger partial charge in [0.05, 0.1) is 0 Å². The van der Waals surface area contributed by atoms with Crippen LogP contribution in [0, 0.1) is 5.92 Å². The summed E-state index contributed by atoms with van der Waals surface area (Å²) in [4.78, 5) is 22.7. The molecule has 3 heterocycles. The Balaban J connectivity index is 1.14. The minimum Gasteiger partial charge on any atom is -0.371 e. The molecule has 1 amide bonds. The van der Waals surface area contributed by atoms with Gasteiger partial charge in [0.1, 0.15) is 0 Å². The van der Waals surface area contributed by atoms with Gasteiger partial charge in [0.15, 0.2) is 0 Å². The third-order valence-corrected chi connectivity index (χ3v) is 6.45. The first-order valence-electron chi connectivity index (χ1n) is 11.4. The van der Waals surface area contributed by atoms with Crippen molar-refractivity contribution in [2.45, 2.75) is 19.3 Å². The highest BCUT2D eigenvalue weighted by molar-refractivity contribution is 5.96. The van der Waals surface area contributed by atoms with Crippen molar-refractivity contribution in [3.05, 3.63) is 84.7 Å². The second-order valence-electron chi connectivity index (χ2n) is 8.53. The number of hydrogen-bond donors (Lipinski definition) is 2. The summed E-state index contributed by atoms with van der Waals surface area (Å²) in [6.07, 6.45) is 7.05. The number of aromatic amines is 1. The minimum atomic E-state index is -0.00261. The van der Waals surface area contributed by atoms with E-state index in [1.807, 2.05) is 48.8 Å². The first-order chi connectivity index (χ1) is 15.8. The van der Waals surface area contributed by atoms with E-state index in [0.717, 1.165) is 55.7 Å². The molecule has 5 heteroatoms. The molecule has 162 valence electrons. The van der Waals surface area contributed by atoms with E-state index in [1.54, 1.807) is 0 Å². The summed E-state index contributed by atoms with van der Waals surface area (Å²) in [7, 11) is 0. The predicted molar refractivity (Wildman–Crippen MR) is 130 cm³/mol. The average molecular weight is 425 g/mol. The second-order valence-corrected chi connectivity index (χ2v) is 8.53. The molecule has 1 fully saturated rings. The van der Waals surface area contributed by atoms with Crippen molar-refractivity contribution in [1.29, 1.82) is 0 Å². The van der Waals surface area contributed by atoms with Gasteiger partial charge in [-0.3, -0.25) is 9.78 Å². The molecule has 5 rings (SSSR count). The zero-order valence-corrected chi connectivity index (χ0v) is 18.1. The van der Waals surface area contributed by atoms with E-state index in [0.29, 0.717) is 11.5 Å². The van der Waals surface area contributed by atoms with Gasteiger partial charge in [-0.15, -0.1) is 0 Å². The summed E-state index contributed by atoms with van der Waals surface area (Å²) in [6.45, 7) is 2.85. The van der Waals surface area contributed by atoms with Gasteiger partial charge >= 0.3 is 0 Å². The number of benzene rings is 2. The summed E-state index contributed by atoms with van der Waals surface area (Å²) < 4.78 is 0. The summed E-state index contributed by atoms with van der Waals surface area (Å²) in [5.74, 6) is 0.656. The van der Waals surface area contributed by atoms with Crippen molar-refractivity contribution < 1.29 is 4.79 Å². The number of piperidine rings is 1. The minimum absolute atomic E-state index is 0.00261. The van der Waals surface area contributed by atoms with E-state index in [-0.39, 0.29) is 5.91 Å². The first kappa shape index (κ1) is 20.3. The highest BCUT2D eigenvalue weighted by Gasteiger charge is 2.19. The number of amides is 1. The zero-order valence-electron chi connectivity index (χ0n) is 18.1. The van der Waals surface area contributed by atoms with Crippen LogP contribution in [0.2, 0.25) is 0 Å². The van der Waals surface area contributed by atoms with Gasteiger partial charge in [-0.2, -0.15) is 0 Å². The fraction of sp³-hybridized carbons (Fsp3) is 0.259. The molecule has 0 spiro atoms. The third-order valence-electron chi connectivity index (χ3n) is 6.45. The van der Waals surface area contributed by atoms with Crippen LogP contribution in [0.5, 0.6) is 0 Å². The van der Waals surface area contributed by atoms with E-state index in [4.69, 9.17) is 0 Å². The topological polar surface area (TPSA) is 61.0 Å². The van der Waals surface area contributed by atoms with Gasteiger partial charge in [-0.1, -0.05) is 30.3 Å². The molecular formula is C27H28N4O. The first-order valence-corrected chi connectivity index (χ1v) is 11.4. The van der Waals surface area contributed by atoms with Crippen LogP contribution in [0.1, 0.15) is 29.6 Å². The Morgan fingerprint density at radius 1 is 1.00 bits per heavy atom. The van der Waals surface area contributed by atoms with Crippen LogP contribution in [-0.2, 0) is 0 Å². The van der Waals surface area contributed by atoms with Crippen molar-refractivity contribution in [3.8, 4) is 11.3 Å². The van der Waals surface area contributed by atoms with Crippen molar-refractivity contribution in [1.82, 2.24) is 15.3 Å².